The van der Waals surface area contributed by atoms with Gasteiger partial charge in [0.15, 0.2) is 5.96 Å². The van der Waals surface area contributed by atoms with Crippen molar-refractivity contribution in [2.45, 2.75) is 39.8 Å². The van der Waals surface area contributed by atoms with E-state index >= 15 is 0 Å². The third-order valence-electron chi connectivity index (χ3n) is 5.63. The van der Waals surface area contributed by atoms with Gasteiger partial charge in [-0.3, -0.25) is 4.90 Å². The minimum absolute atomic E-state index is 0.648. The molecule has 0 amide bonds. The average Bonchev–Trinajstić information content (AvgIpc) is 3.39. The first-order valence-corrected chi connectivity index (χ1v) is 10.5. The van der Waals surface area contributed by atoms with E-state index in [1.54, 1.807) is 0 Å². The van der Waals surface area contributed by atoms with E-state index in [4.69, 9.17) is 4.99 Å². The first-order valence-electron chi connectivity index (χ1n) is 10.5. The SMILES string of the molecule is CCNC(=NCc1cccc(N2CC=CC2)c1)N1CCC(N(CC)CC)C1. The predicted octanol–water partition coefficient (Wildman–Crippen LogP) is 2.94. The average molecular weight is 370 g/mol. The van der Waals surface area contributed by atoms with E-state index in [1.165, 1.54) is 17.7 Å². The maximum Gasteiger partial charge on any atom is 0.194 e. The van der Waals surface area contributed by atoms with E-state index in [0.29, 0.717) is 6.04 Å². The Hall–Kier alpha value is -2.01. The topological polar surface area (TPSA) is 34.1 Å². The smallest absolute Gasteiger partial charge is 0.194 e. The number of likely N-dealkylation sites (tertiary alicyclic amines) is 1. The van der Waals surface area contributed by atoms with Crippen LogP contribution in [0.5, 0.6) is 0 Å². The van der Waals surface area contributed by atoms with Gasteiger partial charge in [0.1, 0.15) is 0 Å². The Bertz CT molecular complexity index is 642. The third-order valence-corrected chi connectivity index (χ3v) is 5.63. The summed E-state index contributed by atoms with van der Waals surface area (Å²) in [5.74, 6) is 1.06. The van der Waals surface area contributed by atoms with Gasteiger partial charge < -0.3 is 15.1 Å². The molecule has 2 aliphatic rings. The lowest BCUT2D eigenvalue weighted by Gasteiger charge is -2.27. The zero-order valence-corrected chi connectivity index (χ0v) is 17.2. The second kappa shape index (κ2) is 9.79. The largest absolute Gasteiger partial charge is 0.364 e. The van der Waals surface area contributed by atoms with E-state index in [9.17, 15) is 0 Å². The summed E-state index contributed by atoms with van der Waals surface area (Å²) >= 11 is 0. The predicted molar refractivity (Wildman–Crippen MR) is 116 cm³/mol. The van der Waals surface area contributed by atoms with Gasteiger partial charge in [-0.2, -0.15) is 0 Å². The summed E-state index contributed by atoms with van der Waals surface area (Å²) in [5, 5.41) is 3.50. The number of guanidine groups is 1. The number of hydrogen-bond donors (Lipinski definition) is 1. The molecule has 1 fully saturated rings. The van der Waals surface area contributed by atoms with Crippen LogP contribution < -0.4 is 10.2 Å². The Kier molecular flexibility index (Phi) is 7.16. The van der Waals surface area contributed by atoms with Crippen LogP contribution in [0, 0.1) is 0 Å². The summed E-state index contributed by atoms with van der Waals surface area (Å²) in [4.78, 5) is 12.3. The van der Waals surface area contributed by atoms with Crippen LogP contribution in [-0.4, -0.2) is 67.6 Å². The summed E-state index contributed by atoms with van der Waals surface area (Å²) < 4.78 is 0. The van der Waals surface area contributed by atoms with Crippen LogP contribution in [0.25, 0.3) is 0 Å². The first-order chi connectivity index (χ1) is 13.2. The van der Waals surface area contributed by atoms with E-state index in [0.717, 1.165) is 58.3 Å². The highest BCUT2D eigenvalue weighted by atomic mass is 15.3. The third kappa shape index (κ3) is 5.04. The van der Waals surface area contributed by atoms with Gasteiger partial charge in [-0.15, -0.1) is 0 Å². The molecule has 0 aromatic heterocycles. The Balaban J connectivity index is 1.65. The zero-order chi connectivity index (χ0) is 19.1. The molecule has 148 valence electrons. The highest BCUT2D eigenvalue weighted by Gasteiger charge is 2.27. The molecule has 1 N–H and O–H groups in total. The standard InChI is InChI=1S/C22H35N5/c1-4-23-22(27-15-12-21(18-27)25(5-2)6-3)24-17-19-10-9-11-20(16-19)26-13-7-8-14-26/h7-11,16,21H,4-6,12-15,17-18H2,1-3H3,(H,23,24). The normalized spacial score (nSPS) is 20.1. The number of likely N-dealkylation sites (N-methyl/N-ethyl adjacent to an activating group) is 1. The minimum Gasteiger partial charge on any atom is -0.364 e. The van der Waals surface area contributed by atoms with Gasteiger partial charge in [0.25, 0.3) is 0 Å². The summed E-state index contributed by atoms with van der Waals surface area (Å²) in [7, 11) is 0. The molecule has 2 heterocycles. The second-order valence-electron chi connectivity index (χ2n) is 7.33. The van der Waals surface area contributed by atoms with Crippen molar-refractivity contribution in [3.8, 4) is 0 Å². The summed E-state index contributed by atoms with van der Waals surface area (Å²) in [5.41, 5.74) is 2.56. The molecule has 2 aliphatic heterocycles. The van der Waals surface area contributed by atoms with E-state index < -0.39 is 0 Å². The molecular formula is C22H35N5. The number of aliphatic imine (C=N–C) groups is 1. The molecule has 0 bridgehead atoms. The van der Waals surface area contributed by atoms with Crippen molar-refractivity contribution in [1.82, 2.24) is 15.1 Å². The Morgan fingerprint density at radius 3 is 2.67 bits per heavy atom. The lowest BCUT2D eigenvalue weighted by molar-refractivity contribution is 0.223. The fourth-order valence-corrected chi connectivity index (χ4v) is 4.10. The van der Waals surface area contributed by atoms with Crippen molar-refractivity contribution >= 4 is 11.6 Å². The van der Waals surface area contributed by atoms with Crippen molar-refractivity contribution < 1.29 is 0 Å². The molecule has 5 heteroatoms. The van der Waals surface area contributed by atoms with Crippen LogP contribution in [0.1, 0.15) is 32.8 Å². The fourth-order valence-electron chi connectivity index (χ4n) is 4.10. The van der Waals surface area contributed by atoms with Gasteiger partial charge in [0.05, 0.1) is 6.54 Å². The highest BCUT2D eigenvalue weighted by Crippen LogP contribution is 2.20. The zero-order valence-electron chi connectivity index (χ0n) is 17.2. The van der Waals surface area contributed by atoms with E-state index in [-0.39, 0.29) is 0 Å². The molecule has 1 atom stereocenters. The molecule has 0 spiro atoms. The molecule has 0 saturated carbocycles. The fraction of sp³-hybridized carbons (Fsp3) is 0.591. The Morgan fingerprint density at radius 1 is 1.19 bits per heavy atom. The van der Waals surface area contributed by atoms with Crippen molar-refractivity contribution in [3.63, 3.8) is 0 Å². The number of nitrogens with zero attached hydrogens (tertiary/aromatic N) is 4. The molecule has 1 aromatic carbocycles. The lowest BCUT2D eigenvalue weighted by atomic mass is 10.2. The van der Waals surface area contributed by atoms with Gasteiger partial charge in [-0.1, -0.05) is 38.1 Å². The van der Waals surface area contributed by atoms with Gasteiger partial charge in [0.2, 0.25) is 0 Å². The molecule has 0 radical (unpaired) electrons. The molecular weight excluding hydrogens is 334 g/mol. The van der Waals surface area contributed by atoms with E-state index in [2.05, 4.69) is 77.2 Å². The van der Waals surface area contributed by atoms with Gasteiger partial charge >= 0.3 is 0 Å². The quantitative estimate of drug-likeness (QED) is 0.455. The molecule has 5 nitrogen and oxygen atoms in total. The molecule has 1 saturated heterocycles. The maximum atomic E-state index is 4.96. The van der Waals surface area contributed by atoms with Crippen molar-refractivity contribution in [3.05, 3.63) is 42.0 Å². The molecule has 1 aromatic rings. The number of rotatable bonds is 7. The number of hydrogen-bond acceptors (Lipinski definition) is 3. The number of benzene rings is 1. The second-order valence-corrected chi connectivity index (χ2v) is 7.33. The molecule has 3 rings (SSSR count). The van der Waals surface area contributed by atoms with Crippen LogP contribution in [0.2, 0.25) is 0 Å². The summed E-state index contributed by atoms with van der Waals surface area (Å²) in [6, 6.07) is 9.46. The summed E-state index contributed by atoms with van der Waals surface area (Å²) in [6.07, 6.45) is 5.69. The lowest BCUT2D eigenvalue weighted by Crippen LogP contribution is -2.43. The molecule has 0 aliphatic carbocycles. The molecule has 1 unspecified atom stereocenters. The van der Waals surface area contributed by atoms with Crippen LogP contribution in [0.4, 0.5) is 5.69 Å². The van der Waals surface area contributed by atoms with Crippen LogP contribution in [-0.2, 0) is 6.54 Å². The summed E-state index contributed by atoms with van der Waals surface area (Å²) in [6.45, 7) is 14.7. The van der Waals surface area contributed by atoms with Crippen molar-refractivity contribution in [2.75, 3.05) is 50.7 Å². The first kappa shape index (κ1) is 19.7. The van der Waals surface area contributed by atoms with Gasteiger partial charge in [0, 0.05) is 44.5 Å². The molecule has 27 heavy (non-hydrogen) atoms. The van der Waals surface area contributed by atoms with E-state index in [1.807, 2.05) is 0 Å². The minimum atomic E-state index is 0.648. The van der Waals surface area contributed by atoms with Gasteiger partial charge in [-0.05, 0) is 44.1 Å². The van der Waals surface area contributed by atoms with Crippen LogP contribution in [0.3, 0.4) is 0 Å². The Labute approximate surface area is 164 Å². The monoisotopic (exact) mass is 369 g/mol. The van der Waals surface area contributed by atoms with Crippen LogP contribution in [0.15, 0.2) is 41.4 Å². The number of nitrogens with one attached hydrogen (secondary N) is 1. The maximum absolute atomic E-state index is 4.96. The van der Waals surface area contributed by atoms with Crippen molar-refractivity contribution in [1.29, 1.82) is 0 Å². The van der Waals surface area contributed by atoms with Crippen LogP contribution >= 0.6 is 0 Å². The van der Waals surface area contributed by atoms with Crippen molar-refractivity contribution in [2.24, 2.45) is 4.99 Å². The highest BCUT2D eigenvalue weighted by molar-refractivity contribution is 5.80. The Morgan fingerprint density at radius 2 is 1.96 bits per heavy atom. The van der Waals surface area contributed by atoms with Gasteiger partial charge in [-0.25, -0.2) is 4.99 Å². The number of anilines is 1.